The highest BCUT2D eigenvalue weighted by atomic mass is 19.4. The second-order valence-electron chi connectivity index (χ2n) is 4.91. The summed E-state index contributed by atoms with van der Waals surface area (Å²) < 4.78 is 38.2. The van der Waals surface area contributed by atoms with Crippen molar-refractivity contribution in [1.29, 1.82) is 0 Å². The molecule has 1 aliphatic rings. The number of carbonyl (C=O) groups excluding carboxylic acids is 2. The first-order valence-corrected chi connectivity index (χ1v) is 6.72. The Bertz CT molecular complexity index is 599. The van der Waals surface area contributed by atoms with E-state index in [4.69, 9.17) is 0 Å². The lowest BCUT2D eigenvalue weighted by Crippen LogP contribution is -2.36. The molecular weight excluding hydrogens is 297 g/mol. The van der Waals surface area contributed by atoms with Crippen molar-refractivity contribution in [1.82, 2.24) is 5.32 Å². The maximum atomic E-state index is 12.7. The molecule has 1 N–H and O–H groups in total. The van der Waals surface area contributed by atoms with Gasteiger partial charge in [-0.3, -0.25) is 9.59 Å². The molecule has 1 aromatic carbocycles. The number of alkyl halides is 3. The summed E-state index contributed by atoms with van der Waals surface area (Å²) in [6.45, 7) is 3.91. The first-order valence-electron chi connectivity index (χ1n) is 6.72. The third-order valence-electron chi connectivity index (χ3n) is 3.43. The monoisotopic (exact) mass is 312 g/mol. The van der Waals surface area contributed by atoms with Crippen molar-refractivity contribution in [2.45, 2.75) is 12.6 Å². The van der Waals surface area contributed by atoms with Gasteiger partial charge in [0.2, 0.25) is 11.8 Å². The number of anilines is 1. The fourth-order valence-electron chi connectivity index (χ4n) is 2.33. The molecule has 0 bridgehead atoms. The molecule has 1 atom stereocenters. The minimum atomic E-state index is -4.47. The van der Waals surface area contributed by atoms with E-state index >= 15 is 0 Å². The van der Waals surface area contributed by atoms with E-state index in [-0.39, 0.29) is 25.2 Å². The molecule has 1 aliphatic heterocycles. The number of nitrogens with one attached hydrogen (secondary N) is 1. The van der Waals surface area contributed by atoms with E-state index in [0.717, 1.165) is 12.1 Å². The summed E-state index contributed by atoms with van der Waals surface area (Å²) in [7, 11) is 0. The molecular formula is C15H15F3N2O2. The quantitative estimate of drug-likeness (QED) is 0.685. The lowest BCUT2D eigenvalue weighted by Gasteiger charge is -2.18. The van der Waals surface area contributed by atoms with Crippen LogP contribution in [0.3, 0.4) is 0 Å². The highest BCUT2D eigenvalue weighted by molar-refractivity contribution is 6.09. The number of amides is 2. The van der Waals surface area contributed by atoms with Crippen LogP contribution in [0.4, 0.5) is 18.9 Å². The molecule has 0 radical (unpaired) electrons. The van der Waals surface area contributed by atoms with E-state index in [1.54, 1.807) is 0 Å². The van der Waals surface area contributed by atoms with E-state index < -0.39 is 29.5 Å². The van der Waals surface area contributed by atoms with Crippen LogP contribution in [-0.2, 0) is 15.8 Å². The van der Waals surface area contributed by atoms with Gasteiger partial charge in [-0.25, -0.2) is 0 Å². The van der Waals surface area contributed by atoms with Gasteiger partial charge in [0.25, 0.3) is 0 Å². The summed E-state index contributed by atoms with van der Waals surface area (Å²) in [4.78, 5) is 25.3. The van der Waals surface area contributed by atoms with Gasteiger partial charge in [-0.1, -0.05) is 12.1 Å². The molecule has 0 unspecified atom stereocenters. The molecule has 22 heavy (non-hydrogen) atoms. The molecule has 2 rings (SSSR count). The Labute approximate surface area is 125 Å². The topological polar surface area (TPSA) is 49.4 Å². The Morgan fingerprint density at radius 1 is 1.45 bits per heavy atom. The van der Waals surface area contributed by atoms with Crippen molar-refractivity contribution in [3.8, 4) is 0 Å². The SMILES string of the molecule is C=CCNC(=O)[C@@H]1CCN(c2cccc(C(F)(F)F)c2)C1=O. The largest absolute Gasteiger partial charge is 0.416 e. The highest BCUT2D eigenvalue weighted by Gasteiger charge is 2.38. The first-order chi connectivity index (χ1) is 10.3. The number of hydrogen-bond donors (Lipinski definition) is 1. The molecule has 0 spiro atoms. The zero-order valence-corrected chi connectivity index (χ0v) is 11.7. The van der Waals surface area contributed by atoms with Crippen molar-refractivity contribution in [3.05, 3.63) is 42.5 Å². The van der Waals surface area contributed by atoms with E-state index in [9.17, 15) is 22.8 Å². The fourth-order valence-corrected chi connectivity index (χ4v) is 2.33. The van der Waals surface area contributed by atoms with Crippen molar-refractivity contribution in [3.63, 3.8) is 0 Å². The van der Waals surface area contributed by atoms with Crippen molar-refractivity contribution in [2.24, 2.45) is 5.92 Å². The number of halogens is 3. The first kappa shape index (κ1) is 16.1. The Morgan fingerprint density at radius 2 is 2.18 bits per heavy atom. The molecule has 1 saturated heterocycles. The number of rotatable bonds is 4. The van der Waals surface area contributed by atoms with Gasteiger partial charge in [-0.15, -0.1) is 6.58 Å². The van der Waals surface area contributed by atoms with E-state index in [0.29, 0.717) is 0 Å². The Kier molecular flexibility index (Phi) is 4.54. The van der Waals surface area contributed by atoms with Crippen LogP contribution in [0.15, 0.2) is 36.9 Å². The number of hydrogen-bond acceptors (Lipinski definition) is 2. The third kappa shape index (κ3) is 3.29. The van der Waals surface area contributed by atoms with Gasteiger partial charge in [-0.2, -0.15) is 13.2 Å². The summed E-state index contributed by atoms with van der Waals surface area (Å²) in [6, 6.07) is 4.54. The fraction of sp³-hybridized carbons (Fsp3) is 0.333. The van der Waals surface area contributed by atoms with E-state index in [1.165, 1.54) is 23.1 Å². The van der Waals surface area contributed by atoms with Crippen LogP contribution in [0.1, 0.15) is 12.0 Å². The van der Waals surface area contributed by atoms with Crippen molar-refractivity contribution in [2.75, 3.05) is 18.0 Å². The molecule has 118 valence electrons. The molecule has 2 amide bonds. The maximum Gasteiger partial charge on any atom is 0.416 e. The predicted molar refractivity (Wildman–Crippen MR) is 75.1 cm³/mol. The molecule has 0 saturated carbocycles. The standard InChI is InChI=1S/C15H15F3N2O2/c1-2-7-19-13(21)12-6-8-20(14(12)22)11-5-3-4-10(9-11)15(16,17)18/h2-5,9,12H,1,6-8H2,(H,19,21)/t12-/m0/s1. The van der Waals surface area contributed by atoms with Crippen LogP contribution in [0.25, 0.3) is 0 Å². The van der Waals surface area contributed by atoms with E-state index in [2.05, 4.69) is 11.9 Å². The molecule has 7 heteroatoms. The van der Waals surface area contributed by atoms with E-state index in [1.807, 2.05) is 0 Å². The van der Waals surface area contributed by atoms with Gasteiger partial charge in [0.1, 0.15) is 5.92 Å². The summed E-state index contributed by atoms with van der Waals surface area (Å²) in [5.74, 6) is -1.78. The zero-order valence-electron chi connectivity index (χ0n) is 11.7. The molecule has 0 aromatic heterocycles. The number of carbonyl (C=O) groups is 2. The molecule has 1 aromatic rings. The summed E-state index contributed by atoms with van der Waals surface area (Å²) in [5.41, 5.74) is -0.670. The minimum Gasteiger partial charge on any atom is -0.352 e. The highest BCUT2D eigenvalue weighted by Crippen LogP contribution is 2.33. The predicted octanol–water partition coefficient (Wildman–Crippen LogP) is 2.36. The molecule has 1 fully saturated rings. The van der Waals surface area contributed by atoms with Gasteiger partial charge in [0.05, 0.1) is 5.56 Å². The Balaban J connectivity index is 2.16. The molecule has 0 aliphatic carbocycles. The number of nitrogens with zero attached hydrogens (tertiary/aromatic N) is 1. The lowest BCUT2D eigenvalue weighted by molar-refractivity contribution is -0.138. The third-order valence-corrected chi connectivity index (χ3v) is 3.43. The van der Waals surface area contributed by atoms with Crippen molar-refractivity contribution >= 4 is 17.5 Å². The average Bonchev–Trinajstić information content (AvgIpc) is 2.86. The summed E-state index contributed by atoms with van der Waals surface area (Å²) >= 11 is 0. The molecule has 1 heterocycles. The van der Waals surface area contributed by atoms with Crippen LogP contribution >= 0.6 is 0 Å². The van der Waals surface area contributed by atoms with Crippen molar-refractivity contribution < 1.29 is 22.8 Å². The summed E-state index contributed by atoms with van der Waals surface area (Å²) in [5, 5.41) is 2.53. The minimum absolute atomic E-state index is 0.152. The van der Waals surface area contributed by atoms with Gasteiger partial charge in [-0.05, 0) is 24.6 Å². The normalized spacial score (nSPS) is 18.4. The lowest BCUT2D eigenvalue weighted by atomic mass is 10.1. The Hall–Kier alpha value is -2.31. The van der Waals surface area contributed by atoms with Crippen LogP contribution in [0, 0.1) is 5.92 Å². The van der Waals surface area contributed by atoms with Crippen LogP contribution in [0.5, 0.6) is 0 Å². The number of benzene rings is 1. The maximum absolute atomic E-state index is 12.7. The Morgan fingerprint density at radius 3 is 2.82 bits per heavy atom. The second-order valence-corrected chi connectivity index (χ2v) is 4.91. The smallest absolute Gasteiger partial charge is 0.352 e. The van der Waals surface area contributed by atoms with Crippen LogP contribution in [0.2, 0.25) is 0 Å². The van der Waals surface area contributed by atoms with Gasteiger partial charge in [0.15, 0.2) is 0 Å². The second kappa shape index (κ2) is 6.21. The molecule has 4 nitrogen and oxygen atoms in total. The summed E-state index contributed by atoms with van der Waals surface area (Å²) in [6.07, 6.45) is -2.71. The van der Waals surface area contributed by atoms with Crippen LogP contribution in [-0.4, -0.2) is 24.9 Å². The zero-order chi connectivity index (χ0) is 16.3. The van der Waals surface area contributed by atoms with Gasteiger partial charge >= 0.3 is 6.18 Å². The van der Waals surface area contributed by atoms with Gasteiger partial charge in [0, 0.05) is 18.8 Å². The van der Waals surface area contributed by atoms with Crippen LogP contribution < -0.4 is 10.2 Å². The average molecular weight is 312 g/mol. The van der Waals surface area contributed by atoms with Gasteiger partial charge < -0.3 is 10.2 Å².